The summed E-state index contributed by atoms with van der Waals surface area (Å²) in [6.07, 6.45) is 7.22. The molecule has 0 atom stereocenters. The Kier molecular flexibility index (Phi) is 20.0. The van der Waals surface area contributed by atoms with E-state index in [-0.39, 0.29) is 47.0 Å². The lowest BCUT2D eigenvalue weighted by molar-refractivity contribution is -0.948. The second kappa shape index (κ2) is 26.7. The number of fused-ring (bicyclic) bond motifs is 2. The Hall–Kier alpha value is -6.92. The molecular formula is C58H72F2N4O12+2. The highest BCUT2D eigenvalue weighted by atomic mass is 19.1. The number of Topliss-reactive ketones (excluding diaryl/α,β-unsaturated/α-hetero) is 2. The van der Waals surface area contributed by atoms with E-state index in [0.29, 0.717) is 93.8 Å². The van der Waals surface area contributed by atoms with Crippen molar-refractivity contribution in [3.63, 3.8) is 0 Å². The number of ether oxygens (including phenoxy) is 6. The van der Waals surface area contributed by atoms with Crippen LogP contribution < -0.4 is 18.9 Å². The van der Waals surface area contributed by atoms with Crippen LogP contribution in [0.15, 0.2) is 81.8 Å². The first-order valence-corrected chi connectivity index (χ1v) is 26.4. The van der Waals surface area contributed by atoms with Gasteiger partial charge in [0.1, 0.15) is 11.6 Å². The molecule has 18 heteroatoms. The van der Waals surface area contributed by atoms with Gasteiger partial charge in [-0.2, -0.15) is 0 Å². The van der Waals surface area contributed by atoms with Crippen LogP contribution in [0.1, 0.15) is 136 Å². The lowest BCUT2D eigenvalue weighted by Gasteiger charge is -2.42. The predicted molar refractivity (Wildman–Crippen MR) is 280 cm³/mol. The Balaban J connectivity index is 0.000000221. The number of carbonyl (C=O) groups excluding carboxylic acids is 4. The lowest BCUT2D eigenvalue weighted by Crippen LogP contribution is -2.55. The number of rotatable bonds is 24. The first kappa shape index (κ1) is 56.8. The lowest BCUT2D eigenvalue weighted by atomic mass is 9.90. The molecule has 0 spiro atoms. The quantitative estimate of drug-likeness (QED) is 0.0242. The summed E-state index contributed by atoms with van der Waals surface area (Å²) in [6, 6.07) is 19.4. The minimum Gasteiger partial charge on any atom is -0.493 e. The smallest absolute Gasteiger partial charge is 0.310 e. The Labute approximate surface area is 442 Å². The van der Waals surface area contributed by atoms with Gasteiger partial charge >= 0.3 is 11.9 Å². The maximum atomic E-state index is 13.6. The highest BCUT2D eigenvalue weighted by Gasteiger charge is 2.39. The van der Waals surface area contributed by atoms with Crippen LogP contribution in [0.25, 0.3) is 21.9 Å². The number of ketones is 2. The van der Waals surface area contributed by atoms with Gasteiger partial charge in [-0.3, -0.25) is 28.1 Å². The highest BCUT2D eigenvalue weighted by molar-refractivity contribution is 5.95. The minimum absolute atomic E-state index is 0.0342. The molecule has 6 aromatic rings. The summed E-state index contributed by atoms with van der Waals surface area (Å²) in [5, 5.41) is 10.2. The SMILES string of the molecule is CCCC(=O)OC[N+]1(CCCOc2ccc(C(C)=O)cc2OC)CCC(c2noc3cc(F)ccc23)CC1.CCCC(=O)OC[N+]1(CCCOc2ccc(C(C)=O)cc2OC)CCC(c2noc3cc(F)ccc23)CC1. The molecule has 0 radical (unpaired) electrons. The first-order chi connectivity index (χ1) is 36.7. The van der Waals surface area contributed by atoms with E-state index in [2.05, 4.69) is 10.3 Å². The Bertz CT molecular complexity index is 2730. The van der Waals surface area contributed by atoms with Gasteiger partial charge in [-0.25, -0.2) is 8.78 Å². The van der Waals surface area contributed by atoms with Gasteiger partial charge in [0.05, 0.1) is 78.1 Å². The third-order valence-electron chi connectivity index (χ3n) is 14.6. The van der Waals surface area contributed by atoms with E-state index in [4.69, 9.17) is 37.5 Å². The zero-order valence-electron chi connectivity index (χ0n) is 44.7. The van der Waals surface area contributed by atoms with Crippen molar-refractivity contribution in [1.29, 1.82) is 0 Å². The molecule has 0 unspecified atom stereocenters. The normalized spacial score (nSPS) is 19.3. The van der Waals surface area contributed by atoms with E-state index in [1.807, 2.05) is 13.8 Å². The van der Waals surface area contributed by atoms with Gasteiger partial charge in [0.2, 0.25) is 13.5 Å². The van der Waals surface area contributed by atoms with Gasteiger partial charge in [0.15, 0.2) is 45.7 Å². The molecule has 76 heavy (non-hydrogen) atoms. The predicted octanol–water partition coefficient (Wildman–Crippen LogP) is 11.3. The fourth-order valence-electron chi connectivity index (χ4n) is 10.2. The summed E-state index contributed by atoms with van der Waals surface area (Å²) in [5.74, 6) is 1.50. The van der Waals surface area contributed by atoms with Crippen LogP contribution in [0, 0.1) is 11.6 Å². The van der Waals surface area contributed by atoms with Gasteiger partial charge in [0.25, 0.3) is 0 Å². The zero-order chi connectivity index (χ0) is 54.2. The van der Waals surface area contributed by atoms with Crippen molar-refractivity contribution in [2.24, 2.45) is 0 Å². The van der Waals surface area contributed by atoms with E-state index in [1.165, 1.54) is 38.1 Å². The fourth-order valence-corrected chi connectivity index (χ4v) is 10.2. The zero-order valence-corrected chi connectivity index (χ0v) is 44.7. The Morgan fingerprint density at radius 2 is 0.961 bits per heavy atom. The monoisotopic (exact) mass is 1050 g/mol. The van der Waals surface area contributed by atoms with E-state index in [9.17, 15) is 28.0 Å². The molecule has 408 valence electrons. The molecule has 0 bridgehead atoms. The Morgan fingerprint density at radius 3 is 1.32 bits per heavy atom. The number of carbonyl (C=O) groups is 4. The first-order valence-electron chi connectivity index (χ1n) is 26.4. The molecule has 2 aliphatic rings. The summed E-state index contributed by atoms with van der Waals surface area (Å²) < 4.78 is 73.4. The van der Waals surface area contributed by atoms with Crippen molar-refractivity contribution in [3.8, 4) is 23.0 Å². The van der Waals surface area contributed by atoms with E-state index in [0.717, 1.165) is 113 Å². The summed E-state index contributed by atoms with van der Waals surface area (Å²) in [6.45, 7) is 13.3. The molecule has 0 saturated carbocycles. The molecule has 2 saturated heterocycles. The summed E-state index contributed by atoms with van der Waals surface area (Å²) in [5.41, 5.74) is 3.80. The minimum atomic E-state index is -0.344. The van der Waals surface area contributed by atoms with Gasteiger partial charge in [0, 0.05) is 97.2 Å². The molecule has 2 fully saturated rings. The third kappa shape index (κ3) is 14.7. The number of benzene rings is 4. The average Bonchev–Trinajstić information content (AvgIpc) is 4.04. The van der Waals surface area contributed by atoms with Crippen LogP contribution in [0.2, 0.25) is 0 Å². The van der Waals surface area contributed by atoms with Crippen LogP contribution in [-0.4, -0.2) is 123 Å². The molecule has 0 amide bonds. The summed E-state index contributed by atoms with van der Waals surface area (Å²) >= 11 is 0. The number of hydrogen-bond donors (Lipinski definition) is 0. The van der Waals surface area contributed by atoms with E-state index in [1.54, 1.807) is 62.8 Å². The largest absolute Gasteiger partial charge is 0.493 e. The molecule has 4 aromatic carbocycles. The molecule has 2 aliphatic heterocycles. The molecule has 8 rings (SSSR count). The standard InChI is InChI=1S/2C29H36FN2O6/c2*1-4-6-28(34)37-19-32(13-5-16-36-25-10-7-22(20(2)33)17-27(25)35-3)14-11-21(12-15-32)29-24-9-8-23(30)18-26(24)38-31-29/h2*7-10,17-18,21H,4-6,11-16,19H2,1-3H3/q2*+1. The topological polar surface area (TPSA) is 176 Å². The van der Waals surface area contributed by atoms with Gasteiger partial charge in [-0.15, -0.1) is 0 Å². The van der Waals surface area contributed by atoms with Gasteiger partial charge in [-0.1, -0.05) is 24.2 Å². The number of nitrogens with zero attached hydrogens (tertiary/aromatic N) is 4. The number of quaternary nitrogens is 2. The van der Waals surface area contributed by atoms with Gasteiger partial charge < -0.3 is 37.5 Å². The van der Waals surface area contributed by atoms with E-state index < -0.39 is 0 Å². The fraction of sp³-hybridized carbons (Fsp3) is 0.483. The highest BCUT2D eigenvalue weighted by Crippen LogP contribution is 2.38. The molecule has 0 aliphatic carbocycles. The number of methoxy groups -OCH3 is 2. The second-order valence-electron chi connectivity index (χ2n) is 20.0. The molecule has 0 N–H and O–H groups in total. The number of piperidine rings is 2. The van der Waals surface area contributed by atoms with Crippen LogP contribution in [0.5, 0.6) is 23.0 Å². The van der Waals surface area contributed by atoms with Crippen LogP contribution in [-0.2, 0) is 19.1 Å². The van der Waals surface area contributed by atoms with Crippen molar-refractivity contribution in [2.45, 2.75) is 104 Å². The van der Waals surface area contributed by atoms with E-state index >= 15 is 0 Å². The molecule has 16 nitrogen and oxygen atoms in total. The summed E-state index contributed by atoms with van der Waals surface area (Å²) in [4.78, 5) is 47.7. The van der Waals surface area contributed by atoms with Crippen molar-refractivity contribution < 1.29 is 74.4 Å². The van der Waals surface area contributed by atoms with Crippen molar-refractivity contribution in [3.05, 3.63) is 107 Å². The van der Waals surface area contributed by atoms with Crippen molar-refractivity contribution in [1.82, 2.24) is 10.3 Å². The van der Waals surface area contributed by atoms with Crippen LogP contribution in [0.3, 0.4) is 0 Å². The van der Waals surface area contributed by atoms with Crippen LogP contribution in [0.4, 0.5) is 8.78 Å². The molecule has 4 heterocycles. The summed E-state index contributed by atoms with van der Waals surface area (Å²) in [7, 11) is 3.10. The maximum Gasteiger partial charge on any atom is 0.310 e. The molecular weight excluding hydrogens is 983 g/mol. The second-order valence-corrected chi connectivity index (χ2v) is 20.0. The number of halogens is 2. The number of esters is 2. The number of likely N-dealkylation sites (tertiary alicyclic amines) is 2. The number of aromatic nitrogens is 2. The van der Waals surface area contributed by atoms with Crippen molar-refractivity contribution in [2.75, 3.05) is 80.2 Å². The molecule has 2 aromatic heterocycles. The maximum absolute atomic E-state index is 13.6. The number of hydrogen-bond acceptors (Lipinski definition) is 14. The Morgan fingerprint density at radius 1 is 0.566 bits per heavy atom. The van der Waals surface area contributed by atoms with Crippen LogP contribution >= 0.6 is 0 Å². The average molecular weight is 1060 g/mol. The third-order valence-corrected chi connectivity index (χ3v) is 14.6. The van der Waals surface area contributed by atoms with Gasteiger partial charge in [-0.05, 0) is 87.4 Å². The van der Waals surface area contributed by atoms with Crippen molar-refractivity contribution >= 4 is 45.4 Å².